The van der Waals surface area contributed by atoms with Crippen molar-refractivity contribution in [3.05, 3.63) is 39.1 Å². The summed E-state index contributed by atoms with van der Waals surface area (Å²) in [6.45, 7) is 3.77. The molecule has 0 bridgehead atoms. The highest BCUT2D eigenvalue weighted by atomic mass is 35.5. The van der Waals surface area contributed by atoms with E-state index in [2.05, 4.69) is 0 Å². The second kappa shape index (κ2) is 5.17. The Morgan fingerprint density at radius 2 is 2.05 bits per heavy atom. The number of nitrogens with zero attached hydrogens (tertiary/aromatic N) is 1. The summed E-state index contributed by atoms with van der Waals surface area (Å²) in [4.78, 5) is 23.5. The number of carboxylic acids is 1. The zero-order valence-electron chi connectivity index (χ0n) is 11.3. The fraction of sp³-hybridized carbons (Fsp3) is 0.286. The molecule has 1 aromatic carbocycles. The quantitative estimate of drug-likeness (QED) is 0.945. The van der Waals surface area contributed by atoms with E-state index in [0.29, 0.717) is 11.3 Å². The van der Waals surface area contributed by atoms with Crippen LogP contribution in [0.1, 0.15) is 30.2 Å². The van der Waals surface area contributed by atoms with Crippen LogP contribution in [0.25, 0.3) is 10.9 Å². The molecule has 20 heavy (non-hydrogen) atoms. The SMILES string of the molecule is COc1ccc(Cl)c2c(=O)c(C(=O)O)cn(C(C)C)c12. The van der Waals surface area contributed by atoms with Crippen molar-refractivity contribution in [1.82, 2.24) is 4.57 Å². The molecule has 0 atom stereocenters. The van der Waals surface area contributed by atoms with Gasteiger partial charge in [0, 0.05) is 12.2 Å². The summed E-state index contributed by atoms with van der Waals surface area (Å²) in [7, 11) is 1.49. The van der Waals surface area contributed by atoms with Crippen LogP contribution in [0, 0.1) is 0 Å². The summed E-state index contributed by atoms with van der Waals surface area (Å²) in [6.07, 6.45) is 1.33. The van der Waals surface area contributed by atoms with Crippen molar-refractivity contribution in [2.24, 2.45) is 0 Å². The smallest absolute Gasteiger partial charge is 0.341 e. The number of rotatable bonds is 3. The number of aromatic nitrogens is 1. The minimum atomic E-state index is -1.27. The Balaban J connectivity index is 3.09. The first-order valence-electron chi connectivity index (χ1n) is 6.03. The van der Waals surface area contributed by atoms with Crippen molar-refractivity contribution >= 4 is 28.5 Å². The third kappa shape index (κ3) is 2.14. The van der Waals surface area contributed by atoms with Gasteiger partial charge in [-0.15, -0.1) is 0 Å². The molecule has 0 spiro atoms. The predicted molar refractivity (Wildman–Crippen MR) is 77.1 cm³/mol. The van der Waals surface area contributed by atoms with Crippen LogP contribution in [0.2, 0.25) is 5.02 Å². The highest BCUT2D eigenvalue weighted by molar-refractivity contribution is 6.35. The van der Waals surface area contributed by atoms with Crippen LogP contribution in [0.4, 0.5) is 0 Å². The first-order chi connectivity index (χ1) is 9.38. The second-order valence-corrected chi connectivity index (χ2v) is 5.06. The third-order valence-corrected chi connectivity index (χ3v) is 3.41. The highest BCUT2D eigenvalue weighted by Crippen LogP contribution is 2.31. The lowest BCUT2D eigenvalue weighted by Crippen LogP contribution is -2.20. The Morgan fingerprint density at radius 1 is 1.40 bits per heavy atom. The number of aromatic carboxylic acids is 1. The van der Waals surface area contributed by atoms with Gasteiger partial charge in [0.2, 0.25) is 5.43 Å². The van der Waals surface area contributed by atoms with E-state index in [-0.39, 0.29) is 22.0 Å². The Labute approximate surface area is 120 Å². The normalized spacial score (nSPS) is 11.1. The number of ether oxygens (including phenoxy) is 1. The number of methoxy groups -OCH3 is 1. The zero-order chi connectivity index (χ0) is 15.0. The minimum Gasteiger partial charge on any atom is -0.495 e. The Bertz CT molecular complexity index is 749. The number of fused-ring (bicyclic) bond motifs is 1. The first-order valence-corrected chi connectivity index (χ1v) is 6.41. The molecule has 0 aliphatic rings. The summed E-state index contributed by atoms with van der Waals surface area (Å²) in [6, 6.07) is 3.13. The third-order valence-electron chi connectivity index (χ3n) is 3.09. The van der Waals surface area contributed by atoms with Gasteiger partial charge in [0.25, 0.3) is 0 Å². The largest absolute Gasteiger partial charge is 0.495 e. The number of carbonyl (C=O) groups is 1. The molecule has 1 N–H and O–H groups in total. The molecule has 2 aromatic rings. The Morgan fingerprint density at radius 3 is 2.55 bits per heavy atom. The molecule has 0 fully saturated rings. The molecule has 1 aromatic heterocycles. The van der Waals surface area contributed by atoms with E-state index >= 15 is 0 Å². The van der Waals surface area contributed by atoms with Gasteiger partial charge in [0.15, 0.2) is 0 Å². The number of pyridine rings is 1. The predicted octanol–water partition coefficient (Wildman–Crippen LogP) is 2.94. The van der Waals surface area contributed by atoms with Crippen LogP contribution in [-0.2, 0) is 0 Å². The van der Waals surface area contributed by atoms with Gasteiger partial charge in [0.1, 0.15) is 11.3 Å². The number of carboxylic acid groups (broad SMARTS) is 1. The van der Waals surface area contributed by atoms with E-state index in [1.165, 1.54) is 19.4 Å². The zero-order valence-corrected chi connectivity index (χ0v) is 12.1. The molecule has 1 heterocycles. The standard InChI is InChI=1S/C14H14ClNO4/c1-7(2)16-6-8(14(18)19)13(17)11-9(15)4-5-10(20-3)12(11)16/h4-7H,1-3H3,(H,18,19). The average molecular weight is 296 g/mol. The molecule has 0 saturated heterocycles. The van der Waals surface area contributed by atoms with Gasteiger partial charge in [-0.2, -0.15) is 0 Å². The number of halogens is 1. The molecule has 0 aliphatic heterocycles. The summed E-state index contributed by atoms with van der Waals surface area (Å²) in [5, 5.41) is 9.54. The molecule has 0 amide bonds. The fourth-order valence-corrected chi connectivity index (χ4v) is 2.38. The molecule has 0 radical (unpaired) electrons. The maximum Gasteiger partial charge on any atom is 0.341 e. The summed E-state index contributed by atoms with van der Waals surface area (Å²) in [5.74, 6) is -0.794. The van der Waals surface area contributed by atoms with Crippen molar-refractivity contribution in [1.29, 1.82) is 0 Å². The molecule has 106 valence electrons. The van der Waals surface area contributed by atoms with Crippen LogP contribution in [0.15, 0.2) is 23.1 Å². The number of hydrogen-bond acceptors (Lipinski definition) is 3. The van der Waals surface area contributed by atoms with E-state index in [9.17, 15) is 9.59 Å². The van der Waals surface area contributed by atoms with Gasteiger partial charge >= 0.3 is 5.97 Å². The monoisotopic (exact) mass is 295 g/mol. The van der Waals surface area contributed by atoms with E-state index in [1.807, 2.05) is 13.8 Å². The lowest BCUT2D eigenvalue weighted by atomic mass is 10.1. The number of benzene rings is 1. The fourth-order valence-electron chi connectivity index (χ4n) is 2.14. The van der Waals surface area contributed by atoms with Gasteiger partial charge < -0.3 is 14.4 Å². The molecule has 0 unspecified atom stereocenters. The maximum atomic E-state index is 12.3. The van der Waals surface area contributed by atoms with Crippen molar-refractivity contribution in [3.8, 4) is 5.75 Å². The lowest BCUT2D eigenvalue weighted by Gasteiger charge is -2.18. The van der Waals surface area contributed by atoms with Gasteiger partial charge in [-0.3, -0.25) is 4.79 Å². The lowest BCUT2D eigenvalue weighted by molar-refractivity contribution is 0.0694. The van der Waals surface area contributed by atoms with Crippen LogP contribution < -0.4 is 10.2 Å². The van der Waals surface area contributed by atoms with E-state index in [4.69, 9.17) is 21.4 Å². The second-order valence-electron chi connectivity index (χ2n) is 4.65. The molecule has 0 aliphatic carbocycles. The van der Waals surface area contributed by atoms with Crippen LogP contribution in [0.3, 0.4) is 0 Å². The van der Waals surface area contributed by atoms with Gasteiger partial charge in [-0.25, -0.2) is 4.79 Å². The van der Waals surface area contributed by atoms with Crippen molar-refractivity contribution in [3.63, 3.8) is 0 Å². The van der Waals surface area contributed by atoms with Crippen LogP contribution in [0.5, 0.6) is 5.75 Å². The van der Waals surface area contributed by atoms with Crippen molar-refractivity contribution < 1.29 is 14.6 Å². The van der Waals surface area contributed by atoms with Gasteiger partial charge in [-0.05, 0) is 26.0 Å². The Hall–Kier alpha value is -2.01. The topological polar surface area (TPSA) is 68.5 Å². The molecular weight excluding hydrogens is 282 g/mol. The van der Waals surface area contributed by atoms with Gasteiger partial charge in [-0.1, -0.05) is 11.6 Å². The summed E-state index contributed by atoms with van der Waals surface area (Å²) < 4.78 is 6.95. The maximum absolute atomic E-state index is 12.3. The molecule has 6 heteroatoms. The minimum absolute atomic E-state index is 0.0523. The van der Waals surface area contributed by atoms with E-state index < -0.39 is 11.4 Å². The van der Waals surface area contributed by atoms with Crippen molar-refractivity contribution in [2.75, 3.05) is 7.11 Å². The summed E-state index contributed by atoms with van der Waals surface area (Å²) >= 11 is 6.08. The highest BCUT2D eigenvalue weighted by Gasteiger charge is 2.20. The molecule has 0 saturated carbocycles. The van der Waals surface area contributed by atoms with E-state index in [1.54, 1.807) is 10.6 Å². The summed E-state index contributed by atoms with van der Waals surface area (Å²) in [5.41, 5.74) is -0.403. The van der Waals surface area contributed by atoms with Gasteiger partial charge in [0.05, 0.1) is 23.0 Å². The number of hydrogen-bond donors (Lipinski definition) is 1. The first kappa shape index (κ1) is 14.4. The molecular formula is C14H14ClNO4. The average Bonchev–Trinajstić information content (AvgIpc) is 2.38. The van der Waals surface area contributed by atoms with Crippen LogP contribution in [-0.4, -0.2) is 22.8 Å². The van der Waals surface area contributed by atoms with Crippen LogP contribution >= 0.6 is 11.6 Å². The van der Waals surface area contributed by atoms with E-state index in [0.717, 1.165) is 0 Å². The molecule has 5 nitrogen and oxygen atoms in total. The molecule has 2 rings (SSSR count). The Kier molecular flexibility index (Phi) is 3.72. The van der Waals surface area contributed by atoms with Crippen molar-refractivity contribution in [2.45, 2.75) is 19.9 Å².